The first-order chi connectivity index (χ1) is 39.1. The van der Waals surface area contributed by atoms with Crippen LogP contribution in [0, 0.1) is 47.3 Å². The molecule has 0 amide bonds. The van der Waals surface area contributed by atoms with Gasteiger partial charge in [0.15, 0.2) is 30.4 Å². The molecule has 21 nitrogen and oxygen atoms in total. The summed E-state index contributed by atoms with van der Waals surface area (Å²) < 4.78 is 48.0. The molecule has 0 aromatic heterocycles. The van der Waals surface area contributed by atoms with Crippen molar-refractivity contribution in [3.63, 3.8) is 0 Å². The highest BCUT2D eigenvalue weighted by Crippen LogP contribution is 2.37. The van der Waals surface area contributed by atoms with Crippen LogP contribution in [0.3, 0.4) is 0 Å². The first-order valence-corrected chi connectivity index (χ1v) is 30.3. The SMILES string of the molecule is C[C@@H]1C[C@H](C)[C@H](O[C@@H]2O[C@@H](C)C(OC3CC(C)(O)C(O)[C@@H](C)O3)C(N(C)C)C2O)[C@@H](C)C(=O)CC(=O)O[C@H](C)[C@@H](C)CC/C=C/C1=O.C[C@@H]1C[C@H](C)[C@H](O[C@@H]2O[C@H](C)C(O)C(N(C)C)C2O)[C@@H](C)C(=O)CC(=O)O[C@H](C)[C@@H](C)/C=C/C=C/C1=O. The molecule has 5 rings (SSSR count). The van der Waals surface area contributed by atoms with Crippen molar-refractivity contribution in [3.05, 3.63) is 36.5 Å². The number of cyclic esters (lactones) is 2. The molecule has 5 aliphatic rings. The Labute approximate surface area is 499 Å². The van der Waals surface area contributed by atoms with Gasteiger partial charge in [0.25, 0.3) is 0 Å². The van der Waals surface area contributed by atoms with Gasteiger partial charge < -0.3 is 73.2 Å². The van der Waals surface area contributed by atoms with E-state index in [0.29, 0.717) is 19.3 Å². The topological polar surface area (TPSA) is 284 Å². The normalized spacial score (nSPS) is 44.6. The Hall–Kier alpha value is -3.68. The second-order valence-corrected chi connectivity index (χ2v) is 25.7. The summed E-state index contributed by atoms with van der Waals surface area (Å²) in [4.78, 5) is 81.3. The van der Waals surface area contributed by atoms with E-state index in [-0.39, 0.29) is 65.1 Å². The van der Waals surface area contributed by atoms with Crippen LogP contribution in [0.4, 0.5) is 0 Å². The van der Waals surface area contributed by atoms with Crippen LogP contribution in [0.5, 0.6) is 0 Å². The molecule has 5 N–H and O–H groups in total. The van der Waals surface area contributed by atoms with Gasteiger partial charge in [-0.25, -0.2) is 0 Å². The molecule has 5 aliphatic heterocycles. The van der Waals surface area contributed by atoms with E-state index in [1.54, 1.807) is 105 Å². The van der Waals surface area contributed by atoms with E-state index in [0.717, 1.165) is 6.42 Å². The van der Waals surface area contributed by atoms with Gasteiger partial charge in [0.1, 0.15) is 61.0 Å². The molecule has 26 atom stereocenters. The number of aliphatic hydroxyl groups excluding tert-OH is 4. The summed E-state index contributed by atoms with van der Waals surface area (Å²) >= 11 is 0. The number of ketones is 4. The van der Waals surface area contributed by atoms with E-state index in [1.165, 1.54) is 13.0 Å². The minimum Gasteiger partial charge on any atom is -0.462 e. The molecule has 480 valence electrons. The Morgan fingerprint density at radius 1 is 0.536 bits per heavy atom. The number of Topliss-reactive ketones (excluding diaryl/α,β-unsaturated/α-hetero) is 2. The van der Waals surface area contributed by atoms with Crippen molar-refractivity contribution < 1.29 is 92.2 Å². The summed E-state index contributed by atoms with van der Waals surface area (Å²) in [6, 6.07) is -1.28. The average Bonchev–Trinajstić information content (AvgIpc) is 3.54. The van der Waals surface area contributed by atoms with Crippen LogP contribution >= 0.6 is 0 Å². The lowest BCUT2D eigenvalue weighted by Gasteiger charge is -2.49. The Bertz CT molecular complexity index is 2250. The molecular weight excluding hydrogens is 1090 g/mol. The third-order valence-corrected chi connectivity index (χ3v) is 17.9. The number of allylic oxidation sites excluding steroid dienone is 5. The first-order valence-electron chi connectivity index (χ1n) is 30.3. The van der Waals surface area contributed by atoms with Gasteiger partial charge in [0.05, 0.1) is 54.3 Å². The molecule has 0 saturated carbocycles. The van der Waals surface area contributed by atoms with Crippen LogP contribution < -0.4 is 0 Å². The lowest BCUT2D eigenvalue weighted by atomic mass is 9.82. The van der Waals surface area contributed by atoms with Gasteiger partial charge in [-0.1, -0.05) is 79.7 Å². The molecule has 3 fully saturated rings. The maximum Gasteiger partial charge on any atom is 0.313 e. The third-order valence-electron chi connectivity index (χ3n) is 17.9. The van der Waals surface area contributed by atoms with Crippen LogP contribution in [-0.4, -0.2) is 208 Å². The third kappa shape index (κ3) is 19.9. The Kier molecular flexibility index (Phi) is 28.2. The lowest BCUT2D eigenvalue weighted by molar-refractivity contribution is -0.340. The molecule has 5 heterocycles. The monoisotopic (exact) mass is 1190 g/mol. The van der Waals surface area contributed by atoms with Crippen LogP contribution in [-0.2, 0) is 66.7 Å². The molecular formula is C63H104N2O19. The van der Waals surface area contributed by atoms with E-state index in [2.05, 4.69) is 0 Å². The Morgan fingerprint density at radius 2 is 1.01 bits per heavy atom. The van der Waals surface area contributed by atoms with Crippen molar-refractivity contribution >= 4 is 35.1 Å². The Balaban J connectivity index is 0.000000371. The molecule has 9 unspecified atom stereocenters. The zero-order chi connectivity index (χ0) is 63.4. The maximum atomic E-state index is 13.5. The smallest absolute Gasteiger partial charge is 0.313 e. The van der Waals surface area contributed by atoms with Crippen molar-refractivity contribution in [3.8, 4) is 0 Å². The summed E-state index contributed by atoms with van der Waals surface area (Å²) in [6.45, 7) is 24.9. The molecule has 84 heavy (non-hydrogen) atoms. The standard InChI is InChI=1S/C35H59NO11.C28H45NO8/c1-18-13-11-12-14-25(37)19(2)15-20(3)31(21(4)26(38)16-27(39)43-22(18)5)47-34-30(40)29(36(9)10)32(23(6)45-34)46-28-17-35(8,42)33(41)24(7)44-28;1-15-11-9-10-12-21(30)16(2)13-17(3)27(18(4)22(31)14-23(32)35-19(15)5)37-28-26(34)24(29(7)8)25(33)20(6)36-28/h12,14,18-24,28-34,40-42H,11,13,15-17H2,1-10H3;9-12,15-20,24-28,33-34H,13-14H2,1-8H3/b14-12+;11-9+,12-10+/t18-,19+,20-,21-,22+,23-,24+,28?,29?,30?,31-,32?,33?,34-,35?;15-,16+,17-,18-,19+,20+,24?,25?,26?,27-,28-/m00/s1. The van der Waals surface area contributed by atoms with Gasteiger partial charge in [0, 0.05) is 36.0 Å². The number of nitrogens with zero attached hydrogens (tertiary/aromatic N) is 2. The average molecular weight is 1190 g/mol. The van der Waals surface area contributed by atoms with Gasteiger partial charge >= 0.3 is 11.9 Å². The molecule has 0 aromatic rings. The highest BCUT2D eigenvalue weighted by atomic mass is 16.7. The highest BCUT2D eigenvalue weighted by molar-refractivity contribution is 5.97. The summed E-state index contributed by atoms with van der Waals surface area (Å²) in [5.74, 6) is -4.87. The van der Waals surface area contributed by atoms with E-state index in [9.17, 15) is 54.3 Å². The lowest BCUT2D eigenvalue weighted by Crippen LogP contribution is -2.65. The zero-order valence-electron chi connectivity index (χ0n) is 53.2. The number of esters is 2. The van der Waals surface area contributed by atoms with Crippen molar-refractivity contribution in [2.45, 2.75) is 252 Å². The summed E-state index contributed by atoms with van der Waals surface area (Å²) in [6.07, 6.45) is -0.911. The largest absolute Gasteiger partial charge is 0.462 e. The minimum absolute atomic E-state index is 0.0172. The van der Waals surface area contributed by atoms with Gasteiger partial charge in [0.2, 0.25) is 0 Å². The fourth-order valence-corrected chi connectivity index (χ4v) is 12.0. The fraction of sp³-hybridized carbons (Fsp3) is 0.810. The first kappa shape index (κ1) is 72.8. The second kappa shape index (κ2) is 32.5. The predicted molar refractivity (Wildman–Crippen MR) is 311 cm³/mol. The molecule has 3 saturated heterocycles. The number of carbonyl (C=O) groups is 6. The van der Waals surface area contributed by atoms with Crippen molar-refractivity contribution in [2.75, 3.05) is 28.2 Å². The van der Waals surface area contributed by atoms with Crippen molar-refractivity contribution in [2.24, 2.45) is 47.3 Å². The summed E-state index contributed by atoms with van der Waals surface area (Å²) in [5.41, 5.74) is -1.43. The van der Waals surface area contributed by atoms with Gasteiger partial charge in [-0.3, -0.25) is 28.8 Å². The maximum absolute atomic E-state index is 13.5. The molecule has 0 aromatic carbocycles. The van der Waals surface area contributed by atoms with Crippen LogP contribution in [0.25, 0.3) is 0 Å². The molecule has 0 bridgehead atoms. The van der Waals surface area contributed by atoms with Gasteiger partial charge in [-0.05, 0) is 125 Å². The van der Waals surface area contributed by atoms with Gasteiger partial charge in [-0.2, -0.15) is 0 Å². The highest BCUT2D eigenvalue weighted by Gasteiger charge is 2.52. The number of carbonyl (C=O) groups excluding carboxylic acids is 6. The second-order valence-electron chi connectivity index (χ2n) is 25.7. The zero-order valence-corrected chi connectivity index (χ0v) is 53.2. The number of ether oxygens (including phenoxy) is 8. The van der Waals surface area contributed by atoms with Crippen molar-refractivity contribution in [1.29, 1.82) is 0 Å². The number of likely N-dealkylation sites (N-methyl/N-ethyl adjacent to an activating group) is 2. The van der Waals surface area contributed by atoms with E-state index < -0.39 is 146 Å². The predicted octanol–water partition coefficient (Wildman–Crippen LogP) is 5.07. The minimum atomic E-state index is -1.43. The summed E-state index contributed by atoms with van der Waals surface area (Å²) in [5, 5.41) is 54.3. The van der Waals surface area contributed by atoms with E-state index >= 15 is 0 Å². The molecule has 0 radical (unpaired) electrons. The quantitative estimate of drug-likeness (QED) is 0.157. The van der Waals surface area contributed by atoms with Gasteiger partial charge in [-0.15, -0.1) is 0 Å². The van der Waals surface area contributed by atoms with Crippen LogP contribution in [0.15, 0.2) is 36.5 Å². The number of hydrogen-bond acceptors (Lipinski definition) is 21. The van der Waals surface area contributed by atoms with Crippen molar-refractivity contribution in [1.82, 2.24) is 9.80 Å². The fourth-order valence-electron chi connectivity index (χ4n) is 12.0. The molecule has 21 heteroatoms. The van der Waals surface area contributed by atoms with E-state index in [1.807, 2.05) is 53.7 Å². The molecule has 0 spiro atoms. The number of hydrogen-bond donors (Lipinski definition) is 5. The Morgan fingerprint density at radius 3 is 1.51 bits per heavy atom. The number of rotatable bonds is 8. The summed E-state index contributed by atoms with van der Waals surface area (Å²) in [7, 11) is 7.07. The number of aliphatic hydroxyl groups is 5. The van der Waals surface area contributed by atoms with Crippen LogP contribution in [0.1, 0.15) is 142 Å². The van der Waals surface area contributed by atoms with E-state index in [4.69, 9.17) is 37.9 Å². The molecule has 0 aliphatic carbocycles. The van der Waals surface area contributed by atoms with Crippen LogP contribution in [0.2, 0.25) is 0 Å².